The van der Waals surface area contributed by atoms with Crippen LogP contribution in [0, 0.1) is 17.8 Å². The Hall–Kier alpha value is -2.09. The maximum absolute atomic E-state index is 12.8. The molecule has 3 aliphatic rings. The molecule has 3 fully saturated rings. The molecule has 1 amide bonds. The van der Waals surface area contributed by atoms with Crippen LogP contribution < -0.4 is 0 Å². The molecule has 3 heterocycles. The highest BCUT2D eigenvalue weighted by Crippen LogP contribution is 2.30. The number of nitrogens with zero attached hydrogens (tertiary/aromatic N) is 2. The van der Waals surface area contributed by atoms with Gasteiger partial charge in [-0.15, -0.1) is 0 Å². The number of aliphatic hydroxyl groups is 1. The minimum atomic E-state index is 0.103. The Morgan fingerprint density at radius 3 is 2.70 bits per heavy atom. The fraction of sp³-hybridized carbons (Fsp3) is 0.522. The van der Waals surface area contributed by atoms with E-state index in [0.29, 0.717) is 18.4 Å². The smallest absolute Gasteiger partial charge is 0.227 e. The molecule has 27 heavy (non-hydrogen) atoms. The minimum Gasteiger partial charge on any atom is -0.395 e. The predicted octanol–water partition coefficient (Wildman–Crippen LogP) is 2.81. The second-order valence-corrected chi connectivity index (χ2v) is 7.87. The Balaban J connectivity index is 1.64. The average Bonchev–Trinajstić information content (AvgIpc) is 2.92. The second kappa shape index (κ2) is 9.21. The largest absolute Gasteiger partial charge is 0.395 e. The van der Waals surface area contributed by atoms with E-state index in [-0.39, 0.29) is 12.5 Å². The molecule has 0 spiro atoms. The van der Waals surface area contributed by atoms with E-state index in [0.717, 1.165) is 44.6 Å². The highest BCUT2D eigenvalue weighted by atomic mass is 16.2. The quantitative estimate of drug-likeness (QED) is 0.644. The monoisotopic (exact) mass is 366 g/mol. The summed E-state index contributed by atoms with van der Waals surface area (Å²) in [6, 6.07) is 8.66. The molecule has 4 nitrogen and oxygen atoms in total. The topological polar surface area (TPSA) is 43.8 Å². The second-order valence-electron chi connectivity index (χ2n) is 7.87. The number of piperidine rings is 1. The normalized spacial score (nSPS) is 22.2. The molecule has 4 rings (SSSR count). The fourth-order valence-corrected chi connectivity index (χ4v) is 3.95. The number of aliphatic hydroxyl groups excluding tert-OH is 1. The van der Waals surface area contributed by atoms with Gasteiger partial charge >= 0.3 is 0 Å². The zero-order chi connectivity index (χ0) is 19.2. The number of hydrogen-bond donors (Lipinski definition) is 1. The zero-order valence-electron chi connectivity index (χ0n) is 16.4. The lowest BCUT2D eigenvalue weighted by atomic mass is 9.94. The maximum Gasteiger partial charge on any atom is 0.227 e. The summed E-state index contributed by atoms with van der Waals surface area (Å²) in [5.41, 5.74) is 3.50. The molecule has 2 unspecified atom stereocenters. The Morgan fingerprint density at radius 1 is 1.22 bits per heavy atom. The number of carbonyl (C=O) groups excluding carboxylic acids is 1. The van der Waals surface area contributed by atoms with Crippen LogP contribution in [0.3, 0.4) is 0 Å². The van der Waals surface area contributed by atoms with E-state index >= 15 is 0 Å². The first-order valence-corrected chi connectivity index (χ1v) is 9.91. The van der Waals surface area contributed by atoms with Gasteiger partial charge in [0.1, 0.15) is 0 Å². The summed E-state index contributed by atoms with van der Waals surface area (Å²) in [4.78, 5) is 17.4. The zero-order valence-corrected chi connectivity index (χ0v) is 16.4. The summed E-state index contributed by atoms with van der Waals surface area (Å²) in [5.74, 6) is 6.49. The van der Waals surface area contributed by atoms with E-state index in [9.17, 15) is 4.79 Å². The summed E-state index contributed by atoms with van der Waals surface area (Å²) < 4.78 is 0. The summed E-state index contributed by atoms with van der Waals surface area (Å²) in [6.07, 6.45) is 4.81. The Labute approximate surface area is 162 Å². The molecule has 0 saturated carbocycles. The van der Waals surface area contributed by atoms with Gasteiger partial charge in [-0.05, 0) is 44.4 Å². The van der Waals surface area contributed by atoms with Gasteiger partial charge in [0.15, 0.2) is 0 Å². The Morgan fingerprint density at radius 2 is 2.00 bits per heavy atom. The molecule has 3 aliphatic heterocycles. The number of benzene rings is 1. The molecular formula is C23H30N2O2. The number of fused-ring (bicyclic) bond motifs is 4. The van der Waals surface area contributed by atoms with E-state index in [2.05, 4.69) is 53.7 Å². The van der Waals surface area contributed by atoms with Crippen LogP contribution >= 0.6 is 0 Å². The highest BCUT2D eigenvalue weighted by molar-refractivity contribution is 5.80. The van der Waals surface area contributed by atoms with Gasteiger partial charge in [-0.2, -0.15) is 0 Å². The molecule has 0 radical (unpaired) electrons. The van der Waals surface area contributed by atoms with E-state index < -0.39 is 0 Å². The van der Waals surface area contributed by atoms with E-state index in [1.54, 1.807) is 0 Å². The fourth-order valence-electron chi connectivity index (χ4n) is 3.95. The SMILES string of the molecule is CC(C)=CCN1C(=O)C2CCC1CN(Cc1ccc(C#CCCO)cc1)C2. The number of allylic oxidation sites excluding steroid dienone is 1. The molecule has 0 aromatic heterocycles. The lowest BCUT2D eigenvalue weighted by Crippen LogP contribution is -2.47. The molecule has 2 bridgehead atoms. The van der Waals surface area contributed by atoms with Gasteiger partial charge in [0, 0.05) is 44.2 Å². The summed E-state index contributed by atoms with van der Waals surface area (Å²) >= 11 is 0. The molecule has 3 saturated heterocycles. The van der Waals surface area contributed by atoms with Gasteiger partial charge in [0.05, 0.1) is 12.5 Å². The van der Waals surface area contributed by atoms with Gasteiger partial charge in [0.25, 0.3) is 0 Å². The third-order valence-electron chi connectivity index (χ3n) is 5.39. The van der Waals surface area contributed by atoms with Gasteiger partial charge in [-0.25, -0.2) is 0 Å². The van der Waals surface area contributed by atoms with Crippen molar-refractivity contribution in [2.45, 2.75) is 45.7 Å². The predicted molar refractivity (Wildman–Crippen MR) is 108 cm³/mol. The Bertz CT molecular complexity index is 738. The first-order chi connectivity index (χ1) is 13.1. The number of carbonyl (C=O) groups is 1. The van der Waals surface area contributed by atoms with E-state index in [1.165, 1.54) is 11.1 Å². The molecule has 1 aromatic carbocycles. The van der Waals surface area contributed by atoms with Crippen molar-refractivity contribution in [3.8, 4) is 11.8 Å². The molecule has 0 aliphatic carbocycles. The van der Waals surface area contributed by atoms with Gasteiger partial charge in [0.2, 0.25) is 5.91 Å². The third kappa shape index (κ3) is 5.22. The summed E-state index contributed by atoms with van der Waals surface area (Å²) in [5, 5.41) is 8.80. The van der Waals surface area contributed by atoms with Crippen molar-refractivity contribution in [2.75, 3.05) is 26.2 Å². The van der Waals surface area contributed by atoms with Crippen LogP contribution in [0.15, 0.2) is 35.9 Å². The number of hydrogen-bond acceptors (Lipinski definition) is 3. The first-order valence-electron chi connectivity index (χ1n) is 9.91. The van der Waals surface area contributed by atoms with Crippen molar-refractivity contribution in [1.29, 1.82) is 0 Å². The van der Waals surface area contributed by atoms with Crippen molar-refractivity contribution in [1.82, 2.24) is 9.80 Å². The van der Waals surface area contributed by atoms with Crippen LogP contribution in [-0.4, -0.2) is 53.1 Å². The van der Waals surface area contributed by atoms with E-state index in [4.69, 9.17) is 5.11 Å². The molecule has 1 N–H and O–H groups in total. The Kier molecular flexibility index (Phi) is 6.71. The van der Waals surface area contributed by atoms with Gasteiger partial charge in [-0.1, -0.05) is 35.6 Å². The minimum absolute atomic E-state index is 0.103. The number of rotatable bonds is 5. The van der Waals surface area contributed by atoms with Crippen LogP contribution in [0.4, 0.5) is 0 Å². The summed E-state index contributed by atoms with van der Waals surface area (Å²) in [7, 11) is 0. The van der Waals surface area contributed by atoms with Crippen LogP contribution in [0.2, 0.25) is 0 Å². The van der Waals surface area contributed by atoms with Crippen molar-refractivity contribution in [2.24, 2.45) is 5.92 Å². The van der Waals surface area contributed by atoms with Crippen molar-refractivity contribution < 1.29 is 9.90 Å². The number of amides is 1. The lowest BCUT2D eigenvalue weighted by Gasteiger charge is -2.35. The van der Waals surface area contributed by atoms with Crippen LogP contribution in [0.1, 0.15) is 44.2 Å². The molecule has 2 atom stereocenters. The first kappa shape index (κ1) is 19.7. The van der Waals surface area contributed by atoms with Crippen LogP contribution in [0.25, 0.3) is 0 Å². The van der Waals surface area contributed by atoms with Crippen molar-refractivity contribution >= 4 is 5.91 Å². The maximum atomic E-state index is 12.8. The van der Waals surface area contributed by atoms with Crippen molar-refractivity contribution in [3.63, 3.8) is 0 Å². The van der Waals surface area contributed by atoms with Crippen LogP contribution in [-0.2, 0) is 11.3 Å². The molecule has 1 aromatic rings. The van der Waals surface area contributed by atoms with Crippen molar-refractivity contribution in [3.05, 3.63) is 47.0 Å². The molecular weight excluding hydrogens is 336 g/mol. The van der Waals surface area contributed by atoms with Crippen LogP contribution in [0.5, 0.6) is 0 Å². The highest BCUT2D eigenvalue weighted by Gasteiger charge is 2.39. The van der Waals surface area contributed by atoms with E-state index in [1.807, 2.05) is 12.1 Å². The lowest BCUT2D eigenvalue weighted by molar-refractivity contribution is -0.139. The molecule has 4 heteroatoms. The molecule has 144 valence electrons. The van der Waals surface area contributed by atoms with Gasteiger partial charge < -0.3 is 10.0 Å². The third-order valence-corrected chi connectivity index (χ3v) is 5.39. The average molecular weight is 367 g/mol. The standard InChI is InChI=1S/C23H30N2O2/c1-18(2)12-13-25-22-11-10-21(23(25)27)16-24(17-22)15-20-8-6-19(7-9-20)5-3-4-14-26/h6-9,12,21-22,26H,4,10-11,13-17H2,1-2H3. The summed E-state index contributed by atoms with van der Waals surface area (Å²) in [6.45, 7) is 7.72. The van der Waals surface area contributed by atoms with Gasteiger partial charge in [-0.3, -0.25) is 9.69 Å².